The summed E-state index contributed by atoms with van der Waals surface area (Å²) in [7, 11) is 3.52. The Kier molecular flexibility index (Phi) is 6.43. The van der Waals surface area contributed by atoms with Crippen LogP contribution >= 0.6 is 0 Å². The molecular weight excluding hydrogens is 348 g/mol. The first-order valence-corrected chi connectivity index (χ1v) is 9.41. The van der Waals surface area contributed by atoms with Gasteiger partial charge in [-0.05, 0) is 47.4 Å². The van der Waals surface area contributed by atoms with Crippen molar-refractivity contribution in [2.24, 2.45) is 0 Å². The molecule has 1 amide bonds. The molecule has 144 valence electrons. The Morgan fingerprint density at radius 1 is 1.04 bits per heavy atom. The van der Waals surface area contributed by atoms with E-state index in [2.05, 4.69) is 17.1 Å². The predicted octanol–water partition coefficient (Wildman–Crippen LogP) is 4.58. The van der Waals surface area contributed by atoms with Gasteiger partial charge in [0.15, 0.2) is 0 Å². The number of aromatic nitrogens is 1. The average molecular weight is 374 g/mol. The Balaban J connectivity index is 1.80. The van der Waals surface area contributed by atoms with Crippen molar-refractivity contribution in [2.75, 3.05) is 14.2 Å². The summed E-state index contributed by atoms with van der Waals surface area (Å²) in [6.07, 6.45) is 4.01. The number of aryl methyl sites for hydroxylation is 1. The van der Waals surface area contributed by atoms with Crippen LogP contribution in [0.3, 0.4) is 0 Å². The van der Waals surface area contributed by atoms with E-state index in [0.717, 1.165) is 28.0 Å². The number of amides is 1. The monoisotopic (exact) mass is 374 g/mol. The first-order valence-electron chi connectivity index (χ1n) is 9.41. The van der Waals surface area contributed by atoms with Crippen LogP contribution in [-0.4, -0.2) is 29.9 Å². The largest absolute Gasteiger partial charge is 0.497 e. The Bertz CT molecular complexity index is 907. The fourth-order valence-electron chi connectivity index (χ4n) is 3.30. The average Bonchev–Trinajstić information content (AvgIpc) is 2.74. The zero-order chi connectivity index (χ0) is 19.9. The third-order valence-electron chi connectivity index (χ3n) is 5.07. The van der Waals surface area contributed by atoms with Crippen molar-refractivity contribution in [2.45, 2.75) is 25.8 Å². The van der Waals surface area contributed by atoms with Gasteiger partial charge in [-0.1, -0.05) is 42.5 Å². The van der Waals surface area contributed by atoms with E-state index in [1.165, 1.54) is 0 Å². The van der Waals surface area contributed by atoms with Gasteiger partial charge in [0, 0.05) is 38.3 Å². The number of ether oxygens (including phenoxy) is 1. The molecule has 3 aromatic rings. The van der Waals surface area contributed by atoms with Crippen molar-refractivity contribution < 1.29 is 9.53 Å². The van der Waals surface area contributed by atoms with Gasteiger partial charge >= 0.3 is 0 Å². The molecule has 0 radical (unpaired) electrons. The molecule has 4 nitrogen and oxygen atoms in total. The zero-order valence-electron chi connectivity index (χ0n) is 16.6. The fraction of sp³-hybridized carbons (Fsp3) is 0.250. The van der Waals surface area contributed by atoms with E-state index in [1.807, 2.05) is 68.7 Å². The number of benzene rings is 2. The molecule has 0 aliphatic heterocycles. The van der Waals surface area contributed by atoms with Gasteiger partial charge in [-0.25, -0.2) is 0 Å². The maximum atomic E-state index is 13.0. The molecule has 0 bridgehead atoms. The summed E-state index contributed by atoms with van der Waals surface area (Å²) >= 11 is 0. The molecule has 0 saturated carbocycles. The number of carbonyl (C=O) groups is 1. The highest BCUT2D eigenvalue weighted by atomic mass is 16.5. The SMILES string of the molecule is COc1ccc([C@@H](CC(=O)N(C)Cc2ccncc2C)c2ccccc2)cc1. The van der Waals surface area contributed by atoms with E-state index >= 15 is 0 Å². The molecule has 3 rings (SSSR count). The van der Waals surface area contributed by atoms with Gasteiger partial charge in [-0.15, -0.1) is 0 Å². The highest BCUT2D eigenvalue weighted by molar-refractivity contribution is 5.77. The van der Waals surface area contributed by atoms with Crippen molar-refractivity contribution in [3.8, 4) is 5.75 Å². The van der Waals surface area contributed by atoms with E-state index in [4.69, 9.17) is 4.74 Å². The Morgan fingerprint density at radius 2 is 1.71 bits per heavy atom. The van der Waals surface area contributed by atoms with E-state index < -0.39 is 0 Å². The van der Waals surface area contributed by atoms with Crippen LogP contribution in [-0.2, 0) is 11.3 Å². The molecule has 0 fully saturated rings. The Hall–Kier alpha value is -3.14. The van der Waals surface area contributed by atoms with E-state index in [-0.39, 0.29) is 11.8 Å². The second kappa shape index (κ2) is 9.18. The minimum Gasteiger partial charge on any atom is -0.497 e. The molecule has 4 heteroatoms. The summed E-state index contributed by atoms with van der Waals surface area (Å²) in [5, 5.41) is 0. The van der Waals surface area contributed by atoms with Gasteiger partial charge in [-0.2, -0.15) is 0 Å². The van der Waals surface area contributed by atoms with Gasteiger partial charge in [0.2, 0.25) is 5.91 Å². The third kappa shape index (κ3) is 4.77. The van der Waals surface area contributed by atoms with E-state index in [9.17, 15) is 4.79 Å². The lowest BCUT2D eigenvalue weighted by Gasteiger charge is -2.23. The molecular formula is C24H26N2O2. The number of methoxy groups -OCH3 is 1. The number of hydrogen-bond donors (Lipinski definition) is 0. The smallest absolute Gasteiger partial charge is 0.223 e. The van der Waals surface area contributed by atoms with Gasteiger partial charge in [0.25, 0.3) is 0 Å². The lowest BCUT2D eigenvalue weighted by molar-refractivity contribution is -0.130. The standard InChI is InChI=1S/C24H26N2O2/c1-18-16-25-14-13-21(18)17-26(2)24(27)15-23(19-7-5-4-6-8-19)20-9-11-22(28-3)12-10-20/h4-14,16,23H,15,17H2,1-3H3/t23-/m0/s1. The molecule has 0 saturated heterocycles. The molecule has 28 heavy (non-hydrogen) atoms. The normalized spacial score (nSPS) is 11.7. The van der Waals surface area contributed by atoms with Crippen LogP contribution < -0.4 is 4.74 Å². The number of hydrogen-bond acceptors (Lipinski definition) is 3. The van der Waals surface area contributed by atoms with Gasteiger partial charge in [-0.3, -0.25) is 9.78 Å². The highest BCUT2D eigenvalue weighted by Crippen LogP contribution is 2.30. The van der Waals surface area contributed by atoms with Crippen molar-refractivity contribution >= 4 is 5.91 Å². The summed E-state index contributed by atoms with van der Waals surface area (Å²) < 4.78 is 5.27. The van der Waals surface area contributed by atoms with Crippen molar-refractivity contribution in [3.05, 3.63) is 95.3 Å². The van der Waals surface area contributed by atoms with Crippen LogP contribution in [0.15, 0.2) is 73.1 Å². The first kappa shape index (κ1) is 19.6. The first-order chi connectivity index (χ1) is 13.6. The minimum atomic E-state index is 0.000549. The maximum Gasteiger partial charge on any atom is 0.223 e. The summed E-state index contributed by atoms with van der Waals surface area (Å²) in [6, 6.07) is 20.1. The number of nitrogens with zero attached hydrogens (tertiary/aromatic N) is 2. The second-order valence-electron chi connectivity index (χ2n) is 6.99. The fourth-order valence-corrected chi connectivity index (χ4v) is 3.30. The van der Waals surface area contributed by atoms with E-state index in [0.29, 0.717) is 13.0 Å². The summed E-state index contributed by atoms with van der Waals surface area (Å²) in [5.74, 6) is 0.925. The van der Waals surface area contributed by atoms with Crippen LogP contribution in [0, 0.1) is 6.92 Å². The van der Waals surface area contributed by atoms with E-state index in [1.54, 1.807) is 18.2 Å². The number of rotatable bonds is 7. The van der Waals surface area contributed by atoms with Crippen LogP contribution in [0.25, 0.3) is 0 Å². The zero-order valence-corrected chi connectivity index (χ0v) is 16.6. The highest BCUT2D eigenvalue weighted by Gasteiger charge is 2.21. The van der Waals surface area contributed by atoms with Crippen molar-refractivity contribution in [1.29, 1.82) is 0 Å². The molecule has 2 aromatic carbocycles. The van der Waals surface area contributed by atoms with Crippen LogP contribution in [0.2, 0.25) is 0 Å². The molecule has 0 N–H and O–H groups in total. The third-order valence-corrected chi connectivity index (χ3v) is 5.07. The van der Waals surface area contributed by atoms with Crippen molar-refractivity contribution in [1.82, 2.24) is 9.88 Å². The van der Waals surface area contributed by atoms with Gasteiger partial charge in [0.05, 0.1) is 7.11 Å². The molecule has 0 aliphatic carbocycles. The summed E-state index contributed by atoms with van der Waals surface area (Å²) in [4.78, 5) is 18.9. The van der Waals surface area contributed by atoms with Gasteiger partial charge in [0.1, 0.15) is 5.75 Å². The molecule has 1 atom stereocenters. The Morgan fingerprint density at radius 3 is 2.36 bits per heavy atom. The minimum absolute atomic E-state index is 0.000549. The molecule has 0 spiro atoms. The topological polar surface area (TPSA) is 42.4 Å². The summed E-state index contributed by atoms with van der Waals surface area (Å²) in [6.45, 7) is 2.60. The van der Waals surface area contributed by atoms with Crippen LogP contribution in [0.4, 0.5) is 0 Å². The maximum absolute atomic E-state index is 13.0. The molecule has 1 aromatic heterocycles. The lowest BCUT2D eigenvalue weighted by Crippen LogP contribution is -2.28. The van der Waals surface area contributed by atoms with Crippen molar-refractivity contribution in [3.63, 3.8) is 0 Å². The Labute approximate surface area is 166 Å². The quantitative estimate of drug-likeness (QED) is 0.608. The molecule has 1 heterocycles. The van der Waals surface area contributed by atoms with Crippen LogP contribution in [0.5, 0.6) is 5.75 Å². The molecule has 0 unspecified atom stereocenters. The second-order valence-corrected chi connectivity index (χ2v) is 6.99. The predicted molar refractivity (Wildman–Crippen MR) is 111 cm³/mol. The molecule has 0 aliphatic rings. The number of carbonyl (C=O) groups excluding carboxylic acids is 1. The lowest BCUT2D eigenvalue weighted by atomic mass is 9.88. The number of pyridine rings is 1. The van der Waals surface area contributed by atoms with Crippen LogP contribution in [0.1, 0.15) is 34.6 Å². The van der Waals surface area contributed by atoms with Gasteiger partial charge < -0.3 is 9.64 Å². The summed E-state index contributed by atoms with van der Waals surface area (Å²) in [5.41, 5.74) is 4.45.